The molecule has 0 radical (unpaired) electrons. The van der Waals surface area contributed by atoms with E-state index in [0.717, 1.165) is 5.56 Å². The lowest BCUT2D eigenvalue weighted by atomic mass is 10.0. The first-order valence-corrected chi connectivity index (χ1v) is 11.6. The molecule has 0 bridgehead atoms. The van der Waals surface area contributed by atoms with Gasteiger partial charge in [-0.15, -0.1) is 0 Å². The lowest BCUT2D eigenvalue weighted by Crippen LogP contribution is -2.27. The summed E-state index contributed by atoms with van der Waals surface area (Å²) in [5.74, 6) is -0.0413. The van der Waals surface area contributed by atoms with Gasteiger partial charge in [-0.2, -0.15) is 0 Å². The number of aromatic nitrogens is 3. The average molecular weight is 492 g/mol. The van der Waals surface area contributed by atoms with Gasteiger partial charge in [0.1, 0.15) is 18.0 Å². The molecule has 0 spiro atoms. The van der Waals surface area contributed by atoms with Crippen LogP contribution in [-0.4, -0.2) is 45.9 Å². The Bertz CT molecular complexity index is 1410. The third-order valence-electron chi connectivity index (χ3n) is 5.35. The minimum absolute atomic E-state index is 0.0723. The van der Waals surface area contributed by atoms with Crippen molar-refractivity contribution in [1.29, 1.82) is 0 Å². The maximum absolute atomic E-state index is 13.4. The SMILES string of the molecule is CCOC(=O)c1ncc2c(c1COC)c1c(OCc3cccnc3)cccc1n2C(=O)OC(C)(C)C. The standard InChI is InChI=1S/C27H29N3O6/c1-6-34-25(31)24-18(16-33-5)22-20(14-29-24)30(26(32)36-27(2,3)4)19-10-7-11-21(23(19)22)35-15-17-9-8-12-28-13-17/h7-14H,6,15-16H2,1-5H3. The van der Waals surface area contributed by atoms with Crippen LogP contribution in [0, 0.1) is 0 Å². The van der Waals surface area contributed by atoms with Crippen LogP contribution in [-0.2, 0) is 27.4 Å². The van der Waals surface area contributed by atoms with Crippen molar-refractivity contribution >= 4 is 33.9 Å². The van der Waals surface area contributed by atoms with Crippen LogP contribution in [0.15, 0.2) is 48.9 Å². The Hall–Kier alpha value is -3.98. The quantitative estimate of drug-likeness (QED) is 0.322. The summed E-state index contributed by atoms with van der Waals surface area (Å²) in [6.45, 7) is 7.66. The van der Waals surface area contributed by atoms with Crippen LogP contribution in [0.1, 0.15) is 49.3 Å². The van der Waals surface area contributed by atoms with Gasteiger partial charge in [-0.1, -0.05) is 12.1 Å². The fourth-order valence-corrected chi connectivity index (χ4v) is 4.01. The number of nitrogens with zero attached hydrogens (tertiary/aromatic N) is 3. The van der Waals surface area contributed by atoms with Gasteiger partial charge < -0.3 is 18.9 Å². The molecule has 9 heteroatoms. The average Bonchev–Trinajstić information content (AvgIpc) is 3.18. The Balaban J connectivity index is 2.00. The molecular weight excluding hydrogens is 462 g/mol. The summed E-state index contributed by atoms with van der Waals surface area (Å²) in [5, 5.41) is 1.25. The van der Waals surface area contributed by atoms with E-state index in [1.807, 2.05) is 18.2 Å². The highest BCUT2D eigenvalue weighted by atomic mass is 16.6. The minimum Gasteiger partial charge on any atom is -0.488 e. The normalized spacial score (nSPS) is 11.6. The molecule has 3 heterocycles. The van der Waals surface area contributed by atoms with Gasteiger partial charge in [0, 0.05) is 36.0 Å². The van der Waals surface area contributed by atoms with Crippen molar-refractivity contribution in [3.63, 3.8) is 0 Å². The number of hydrogen-bond acceptors (Lipinski definition) is 8. The highest BCUT2D eigenvalue weighted by molar-refractivity contribution is 6.17. The van der Waals surface area contributed by atoms with Gasteiger partial charge >= 0.3 is 12.1 Å². The molecule has 0 aliphatic heterocycles. The molecule has 0 saturated heterocycles. The summed E-state index contributed by atoms with van der Waals surface area (Å²) in [4.78, 5) is 34.6. The van der Waals surface area contributed by atoms with Crippen molar-refractivity contribution in [2.24, 2.45) is 0 Å². The number of esters is 1. The monoisotopic (exact) mass is 491 g/mol. The van der Waals surface area contributed by atoms with E-state index in [2.05, 4.69) is 9.97 Å². The van der Waals surface area contributed by atoms with E-state index in [9.17, 15) is 9.59 Å². The summed E-state index contributed by atoms with van der Waals surface area (Å²) in [5.41, 5.74) is 1.81. The number of fused-ring (bicyclic) bond motifs is 3. The number of hydrogen-bond donors (Lipinski definition) is 0. The fourth-order valence-electron chi connectivity index (χ4n) is 4.01. The van der Waals surface area contributed by atoms with Crippen LogP contribution in [0.25, 0.3) is 21.8 Å². The summed E-state index contributed by atoms with van der Waals surface area (Å²) in [7, 11) is 1.53. The molecule has 3 aromatic heterocycles. The summed E-state index contributed by atoms with van der Waals surface area (Å²) < 4.78 is 24.1. The first-order valence-electron chi connectivity index (χ1n) is 11.6. The first kappa shape index (κ1) is 25.1. The highest BCUT2D eigenvalue weighted by Gasteiger charge is 2.28. The van der Waals surface area contributed by atoms with Crippen molar-refractivity contribution in [3.8, 4) is 5.75 Å². The van der Waals surface area contributed by atoms with Crippen molar-refractivity contribution in [2.45, 2.75) is 46.5 Å². The Morgan fingerprint density at radius 3 is 2.47 bits per heavy atom. The maximum atomic E-state index is 13.4. The minimum atomic E-state index is -0.720. The van der Waals surface area contributed by atoms with Crippen LogP contribution < -0.4 is 4.74 Å². The Morgan fingerprint density at radius 1 is 1.00 bits per heavy atom. The number of methoxy groups -OCH3 is 1. The molecule has 188 valence electrons. The predicted molar refractivity (Wildman–Crippen MR) is 134 cm³/mol. The maximum Gasteiger partial charge on any atom is 0.419 e. The summed E-state index contributed by atoms with van der Waals surface area (Å²) >= 11 is 0. The van der Waals surface area contributed by atoms with Gasteiger partial charge in [-0.25, -0.2) is 19.1 Å². The van der Waals surface area contributed by atoms with Crippen molar-refractivity contribution in [1.82, 2.24) is 14.5 Å². The molecule has 0 N–H and O–H groups in total. The number of pyridine rings is 2. The fraction of sp³-hybridized carbons (Fsp3) is 0.333. The van der Waals surface area contributed by atoms with Gasteiger partial charge in [0.15, 0.2) is 5.69 Å². The van der Waals surface area contributed by atoms with Gasteiger partial charge in [-0.05, 0) is 45.9 Å². The second-order valence-electron chi connectivity index (χ2n) is 9.12. The zero-order valence-corrected chi connectivity index (χ0v) is 21.0. The molecule has 0 fully saturated rings. The van der Waals surface area contributed by atoms with Crippen LogP contribution in [0.5, 0.6) is 5.75 Å². The zero-order valence-electron chi connectivity index (χ0n) is 21.0. The predicted octanol–water partition coefficient (Wildman–Crippen LogP) is 5.27. The third kappa shape index (κ3) is 5.01. The number of rotatable bonds is 7. The van der Waals surface area contributed by atoms with E-state index >= 15 is 0 Å². The Kier molecular flexibility index (Phi) is 7.21. The van der Waals surface area contributed by atoms with Gasteiger partial charge in [0.25, 0.3) is 0 Å². The number of carbonyl (C=O) groups is 2. The molecular formula is C27H29N3O6. The lowest BCUT2D eigenvalue weighted by molar-refractivity contribution is 0.0513. The highest BCUT2D eigenvalue weighted by Crippen LogP contribution is 2.39. The molecule has 4 rings (SSSR count). The molecule has 1 aromatic carbocycles. The molecule has 0 atom stereocenters. The van der Waals surface area contributed by atoms with E-state index in [4.69, 9.17) is 18.9 Å². The van der Waals surface area contributed by atoms with E-state index in [0.29, 0.717) is 33.1 Å². The smallest absolute Gasteiger partial charge is 0.419 e. The van der Waals surface area contributed by atoms with Crippen molar-refractivity contribution < 1.29 is 28.5 Å². The summed E-state index contributed by atoms with van der Waals surface area (Å²) in [6.07, 6.45) is 4.33. The lowest BCUT2D eigenvalue weighted by Gasteiger charge is -2.20. The second-order valence-corrected chi connectivity index (χ2v) is 9.12. The topological polar surface area (TPSA) is 102 Å². The van der Waals surface area contributed by atoms with Crippen molar-refractivity contribution in [3.05, 3.63) is 65.7 Å². The molecule has 9 nitrogen and oxygen atoms in total. The van der Waals surface area contributed by atoms with E-state index in [1.165, 1.54) is 17.9 Å². The number of carbonyl (C=O) groups excluding carboxylic acids is 2. The largest absolute Gasteiger partial charge is 0.488 e. The van der Waals surface area contributed by atoms with Gasteiger partial charge in [0.05, 0.1) is 35.8 Å². The number of ether oxygens (including phenoxy) is 4. The van der Waals surface area contributed by atoms with E-state index in [-0.39, 0.29) is 25.5 Å². The zero-order chi connectivity index (χ0) is 25.9. The van der Waals surface area contributed by atoms with E-state index < -0.39 is 17.7 Å². The Morgan fingerprint density at radius 2 is 1.81 bits per heavy atom. The van der Waals surface area contributed by atoms with Crippen molar-refractivity contribution in [2.75, 3.05) is 13.7 Å². The van der Waals surface area contributed by atoms with E-state index in [1.54, 1.807) is 52.2 Å². The molecule has 36 heavy (non-hydrogen) atoms. The molecule has 4 aromatic rings. The Labute approximate surface area is 209 Å². The molecule has 0 aliphatic carbocycles. The first-order chi connectivity index (χ1) is 17.2. The second kappa shape index (κ2) is 10.3. The van der Waals surface area contributed by atoms with Gasteiger partial charge in [0.2, 0.25) is 0 Å². The van der Waals surface area contributed by atoms with Gasteiger partial charge in [-0.3, -0.25) is 4.98 Å². The number of benzene rings is 1. The molecule has 0 saturated carbocycles. The molecule has 0 aliphatic rings. The van der Waals surface area contributed by atoms with Crippen LogP contribution in [0.3, 0.4) is 0 Å². The third-order valence-corrected chi connectivity index (χ3v) is 5.35. The molecule has 0 unspecified atom stereocenters. The summed E-state index contributed by atoms with van der Waals surface area (Å²) in [6, 6.07) is 9.17. The van der Waals surface area contributed by atoms with Crippen LogP contribution in [0.2, 0.25) is 0 Å². The molecule has 0 amide bonds. The van der Waals surface area contributed by atoms with Crippen LogP contribution in [0.4, 0.5) is 4.79 Å². The van der Waals surface area contributed by atoms with Crippen LogP contribution >= 0.6 is 0 Å².